The van der Waals surface area contributed by atoms with Crippen LogP contribution >= 0.6 is 0 Å². The molecule has 2 aromatic carbocycles. The molecule has 1 aliphatic rings. The lowest BCUT2D eigenvalue weighted by Gasteiger charge is -2.37. The zero-order chi connectivity index (χ0) is 21.9. The summed E-state index contributed by atoms with van der Waals surface area (Å²) in [6, 6.07) is 9.56. The molecule has 9 heteroatoms. The van der Waals surface area contributed by atoms with E-state index in [9.17, 15) is 23.9 Å². The number of nitrogens with zero attached hydrogens (tertiary/aromatic N) is 1. The van der Waals surface area contributed by atoms with Gasteiger partial charge in [-0.05, 0) is 24.6 Å². The summed E-state index contributed by atoms with van der Waals surface area (Å²) in [6.45, 7) is 0.297. The Kier molecular flexibility index (Phi) is 6.10. The quantitative estimate of drug-likeness (QED) is 0.447. The van der Waals surface area contributed by atoms with E-state index in [1.807, 2.05) is 0 Å². The average molecular weight is 411 g/mol. The molecule has 0 spiro atoms. The molecular formula is C21H23BFN3O4. The van der Waals surface area contributed by atoms with Gasteiger partial charge in [0.05, 0.1) is 5.44 Å². The second-order valence-electron chi connectivity index (χ2n) is 7.39. The van der Waals surface area contributed by atoms with E-state index in [4.69, 9.17) is 0 Å². The smallest absolute Gasteiger partial charge is 0.254 e. The van der Waals surface area contributed by atoms with Crippen molar-refractivity contribution in [2.45, 2.75) is 31.4 Å². The molecule has 3 N–H and O–H groups in total. The molecule has 1 heterocycles. The van der Waals surface area contributed by atoms with Gasteiger partial charge in [0.1, 0.15) is 14.1 Å². The van der Waals surface area contributed by atoms with Crippen molar-refractivity contribution in [3.8, 4) is 5.75 Å². The van der Waals surface area contributed by atoms with Crippen LogP contribution in [-0.2, 0) is 22.7 Å². The average Bonchev–Trinajstić information content (AvgIpc) is 3.10. The number of rotatable bonds is 8. The maximum Gasteiger partial charge on any atom is 0.254 e. The highest BCUT2D eigenvalue weighted by Gasteiger charge is 2.45. The van der Waals surface area contributed by atoms with Crippen LogP contribution in [0.5, 0.6) is 5.75 Å². The van der Waals surface area contributed by atoms with Gasteiger partial charge in [-0.25, -0.2) is 4.39 Å². The lowest BCUT2D eigenvalue weighted by Crippen LogP contribution is -2.59. The first-order valence-electron chi connectivity index (χ1n) is 9.63. The van der Waals surface area contributed by atoms with Gasteiger partial charge in [0.15, 0.2) is 11.6 Å². The predicted octanol–water partition coefficient (Wildman–Crippen LogP) is 1.15. The molecule has 30 heavy (non-hydrogen) atoms. The van der Waals surface area contributed by atoms with Crippen LogP contribution in [0.3, 0.4) is 0 Å². The standard InChI is InChI=1S/C21H23BFN3O4/c1-24-20(30)21(22,9-4-10-27)26-12-15-14(19(26)29)6-3-7-16(15)25-11-13-5-2-8-17(28)18(13)23/h2-3,5-8,10,25,28H,4,9,11-12,22H2,1H3,(H,24,30). The monoisotopic (exact) mass is 411 g/mol. The minimum Gasteiger partial charge on any atom is -0.505 e. The van der Waals surface area contributed by atoms with Crippen molar-refractivity contribution in [3.05, 3.63) is 58.9 Å². The van der Waals surface area contributed by atoms with Gasteiger partial charge in [-0.3, -0.25) is 9.59 Å². The number of likely N-dealkylation sites (N-methyl/N-ethyl adjacent to an activating group) is 1. The highest BCUT2D eigenvalue weighted by molar-refractivity contribution is 6.30. The third-order valence-corrected chi connectivity index (χ3v) is 5.56. The third kappa shape index (κ3) is 3.75. The summed E-state index contributed by atoms with van der Waals surface area (Å²) in [5.74, 6) is -1.77. The van der Waals surface area contributed by atoms with E-state index in [0.717, 1.165) is 6.29 Å². The number of fused-ring (bicyclic) bond motifs is 1. The van der Waals surface area contributed by atoms with Crippen LogP contribution in [-0.4, -0.2) is 48.4 Å². The van der Waals surface area contributed by atoms with Crippen molar-refractivity contribution < 1.29 is 23.9 Å². The number of aldehydes is 1. The molecule has 1 unspecified atom stereocenters. The summed E-state index contributed by atoms with van der Waals surface area (Å²) < 4.78 is 14.1. The number of carbonyl (C=O) groups excluding carboxylic acids is 3. The van der Waals surface area contributed by atoms with Crippen molar-refractivity contribution in [1.82, 2.24) is 10.2 Å². The van der Waals surface area contributed by atoms with E-state index in [2.05, 4.69) is 10.6 Å². The predicted molar refractivity (Wildman–Crippen MR) is 112 cm³/mol. The summed E-state index contributed by atoms with van der Waals surface area (Å²) in [7, 11) is 3.14. The van der Waals surface area contributed by atoms with Crippen LogP contribution in [0, 0.1) is 5.82 Å². The Bertz CT molecular complexity index is 1000. The number of amides is 2. The second kappa shape index (κ2) is 8.56. The zero-order valence-corrected chi connectivity index (χ0v) is 16.9. The number of hydrogen-bond acceptors (Lipinski definition) is 5. The van der Waals surface area contributed by atoms with E-state index >= 15 is 0 Å². The number of anilines is 1. The number of phenolic OH excluding ortho intramolecular Hbond substituents is 1. The molecule has 1 aliphatic heterocycles. The van der Waals surface area contributed by atoms with Crippen LogP contribution < -0.4 is 10.6 Å². The van der Waals surface area contributed by atoms with Crippen LogP contribution in [0.15, 0.2) is 36.4 Å². The van der Waals surface area contributed by atoms with Gasteiger partial charge in [-0.15, -0.1) is 0 Å². The van der Waals surface area contributed by atoms with E-state index in [1.165, 1.54) is 18.0 Å². The number of carbonyl (C=O) groups is 3. The molecule has 2 aromatic rings. The second-order valence-corrected chi connectivity index (χ2v) is 7.39. The fourth-order valence-electron chi connectivity index (χ4n) is 3.77. The highest BCUT2D eigenvalue weighted by atomic mass is 19.1. The van der Waals surface area contributed by atoms with Crippen LogP contribution in [0.4, 0.5) is 10.1 Å². The zero-order valence-electron chi connectivity index (χ0n) is 16.9. The summed E-state index contributed by atoms with van der Waals surface area (Å²) in [5, 5.41) is 15.2. The number of halogens is 1. The molecule has 0 saturated heterocycles. The van der Waals surface area contributed by atoms with Crippen LogP contribution in [0.25, 0.3) is 0 Å². The van der Waals surface area contributed by atoms with E-state index in [1.54, 1.807) is 38.2 Å². The van der Waals surface area contributed by atoms with Gasteiger partial charge < -0.3 is 25.4 Å². The maximum absolute atomic E-state index is 14.1. The fraction of sp³-hybridized carbons (Fsp3) is 0.286. The number of nitrogens with one attached hydrogen (secondary N) is 2. The van der Waals surface area contributed by atoms with E-state index in [0.29, 0.717) is 16.8 Å². The minimum atomic E-state index is -1.18. The molecule has 2 amide bonds. The van der Waals surface area contributed by atoms with Crippen LogP contribution in [0.1, 0.15) is 34.3 Å². The van der Waals surface area contributed by atoms with Gasteiger partial charge in [0, 0.05) is 48.9 Å². The molecule has 7 nitrogen and oxygen atoms in total. The lowest BCUT2D eigenvalue weighted by molar-refractivity contribution is -0.127. The maximum atomic E-state index is 14.1. The number of aromatic hydroxyl groups is 1. The largest absolute Gasteiger partial charge is 0.505 e. The Hall–Kier alpha value is -3.36. The van der Waals surface area contributed by atoms with Gasteiger partial charge in [0.2, 0.25) is 5.91 Å². The molecule has 0 aromatic heterocycles. The summed E-state index contributed by atoms with van der Waals surface area (Å²) >= 11 is 0. The highest BCUT2D eigenvalue weighted by Crippen LogP contribution is 2.35. The Morgan fingerprint density at radius 2 is 2.07 bits per heavy atom. The van der Waals surface area contributed by atoms with Gasteiger partial charge in [0.25, 0.3) is 5.91 Å². The molecule has 0 fully saturated rings. The van der Waals surface area contributed by atoms with Gasteiger partial charge in [-0.2, -0.15) is 0 Å². The molecule has 3 rings (SSSR count). The van der Waals surface area contributed by atoms with Crippen molar-refractivity contribution in [3.63, 3.8) is 0 Å². The molecule has 0 saturated carbocycles. The van der Waals surface area contributed by atoms with Crippen molar-refractivity contribution in [2.75, 3.05) is 12.4 Å². The number of phenols is 1. The summed E-state index contributed by atoms with van der Waals surface area (Å²) in [6.07, 6.45) is 1.07. The number of benzene rings is 2. The fourth-order valence-corrected chi connectivity index (χ4v) is 3.77. The Morgan fingerprint density at radius 1 is 1.33 bits per heavy atom. The topological polar surface area (TPSA) is 98.7 Å². The first-order chi connectivity index (χ1) is 14.3. The molecule has 156 valence electrons. The summed E-state index contributed by atoms with van der Waals surface area (Å²) in [5.41, 5.74) is 0.901. The van der Waals surface area contributed by atoms with Gasteiger partial charge in [-0.1, -0.05) is 18.2 Å². The Labute approximate surface area is 174 Å². The van der Waals surface area contributed by atoms with Crippen LogP contribution in [0.2, 0.25) is 0 Å². The Balaban J connectivity index is 1.88. The van der Waals surface area contributed by atoms with E-state index < -0.39 is 17.0 Å². The first kappa shape index (κ1) is 21.4. The van der Waals surface area contributed by atoms with Crippen molar-refractivity contribution in [1.29, 1.82) is 0 Å². The normalized spacial score (nSPS) is 14.7. The lowest BCUT2D eigenvalue weighted by atomic mass is 9.71. The Morgan fingerprint density at radius 3 is 2.77 bits per heavy atom. The number of hydrogen-bond donors (Lipinski definition) is 3. The molecule has 0 radical (unpaired) electrons. The molecule has 0 bridgehead atoms. The molecular weight excluding hydrogens is 388 g/mol. The van der Waals surface area contributed by atoms with E-state index in [-0.39, 0.29) is 43.3 Å². The molecule has 0 aliphatic carbocycles. The SMILES string of the molecule is BC(CCC=O)(C(=O)NC)N1Cc2c(NCc3cccc(O)c3F)cccc2C1=O. The first-order valence-corrected chi connectivity index (χ1v) is 9.63. The van der Waals surface area contributed by atoms with Gasteiger partial charge >= 0.3 is 0 Å². The van der Waals surface area contributed by atoms with Crippen molar-refractivity contribution >= 4 is 31.6 Å². The summed E-state index contributed by atoms with van der Waals surface area (Å²) in [4.78, 5) is 38.1. The minimum absolute atomic E-state index is 0.114. The third-order valence-electron chi connectivity index (χ3n) is 5.56. The van der Waals surface area contributed by atoms with Crippen molar-refractivity contribution in [2.24, 2.45) is 0 Å². The molecule has 1 atom stereocenters.